The van der Waals surface area contributed by atoms with Gasteiger partial charge in [-0.2, -0.15) is 0 Å². The Balaban J connectivity index is 2.70. The van der Waals surface area contributed by atoms with Crippen molar-refractivity contribution < 1.29 is 24.9 Å². The van der Waals surface area contributed by atoms with E-state index in [1.807, 2.05) is 0 Å². The van der Waals surface area contributed by atoms with Crippen LogP contribution in [0.4, 0.5) is 0 Å². The van der Waals surface area contributed by atoms with E-state index in [4.69, 9.17) is 21.1 Å². The Morgan fingerprint density at radius 2 is 2.00 bits per heavy atom. The fourth-order valence-corrected chi connectivity index (χ4v) is 1.03. The minimum atomic E-state index is -1.68. The Bertz CT molecular complexity index is 185. The highest BCUT2D eigenvalue weighted by atomic mass is 16.6. The van der Waals surface area contributed by atoms with Gasteiger partial charge in [-0.25, -0.2) is 0 Å². The fourth-order valence-electron chi connectivity index (χ4n) is 1.03. The number of hydrogen-bond acceptors (Lipinski definition) is 6. The molecule has 6 heteroatoms. The van der Waals surface area contributed by atoms with Gasteiger partial charge in [0.05, 0.1) is 0 Å². The van der Waals surface area contributed by atoms with Gasteiger partial charge >= 0.3 is 0 Å². The van der Waals surface area contributed by atoms with Gasteiger partial charge in [0.15, 0.2) is 0 Å². The van der Waals surface area contributed by atoms with E-state index in [1.54, 1.807) is 0 Å². The summed E-state index contributed by atoms with van der Waals surface area (Å²) >= 11 is 0. The van der Waals surface area contributed by atoms with E-state index in [2.05, 4.69) is 4.74 Å². The Hall–Kier alpha value is -0.530. The average Bonchev–Trinajstić information content (AvgIpc) is 2.08. The van der Waals surface area contributed by atoms with Crippen molar-refractivity contribution in [2.24, 2.45) is 5.73 Å². The molecule has 1 aliphatic rings. The third kappa shape index (κ3) is 1.47. The van der Waals surface area contributed by atoms with Crippen molar-refractivity contribution in [2.75, 3.05) is 6.54 Å². The zero-order valence-corrected chi connectivity index (χ0v) is 6.25. The van der Waals surface area contributed by atoms with Gasteiger partial charge < -0.3 is 25.8 Å². The van der Waals surface area contributed by atoms with Crippen LogP contribution >= 0.6 is 0 Å². The van der Waals surface area contributed by atoms with E-state index in [-0.39, 0.29) is 6.54 Å². The third-order valence-corrected chi connectivity index (χ3v) is 1.78. The molecule has 0 aromatic carbocycles. The third-order valence-electron chi connectivity index (χ3n) is 1.78. The number of carbonyl (C=O) groups is 1. The predicted octanol–water partition coefficient (Wildman–Crippen LogP) is -3.05. The van der Waals surface area contributed by atoms with Crippen molar-refractivity contribution >= 4 is 5.78 Å². The number of ether oxygens (including phenoxy) is 1. The van der Waals surface area contributed by atoms with E-state index in [0.717, 1.165) is 0 Å². The summed E-state index contributed by atoms with van der Waals surface area (Å²) in [5.74, 6) is -0.938. The second-order valence-electron chi connectivity index (χ2n) is 2.60. The van der Waals surface area contributed by atoms with Crippen LogP contribution in [0.3, 0.4) is 0 Å². The molecule has 0 aromatic rings. The Kier molecular flexibility index (Phi) is 2.76. The zero-order valence-electron chi connectivity index (χ0n) is 6.25. The first-order chi connectivity index (χ1) is 5.57. The standard InChI is InChI=1S/C6H11NO5/c7-1-2-3(8)4(9)5(10)6(11)12-2/h2-4,6,8-9,11H,1,7H2/t2-,3-,4+,6+/m1/s1. The molecule has 6 nitrogen and oxygen atoms in total. The molecular formula is C6H11NO5. The zero-order chi connectivity index (χ0) is 9.30. The van der Waals surface area contributed by atoms with Crippen molar-refractivity contribution in [1.29, 1.82) is 0 Å². The number of aliphatic hydroxyl groups excluding tert-OH is 3. The molecule has 0 spiro atoms. The summed E-state index contributed by atoms with van der Waals surface area (Å²) in [5.41, 5.74) is 5.15. The molecule has 0 unspecified atom stereocenters. The molecule has 1 saturated heterocycles. The van der Waals surface area contributed by atoms with Gasteiger partial charge in [-0.15, -0.1) is 0 Å². The van der Waals surface area contributed by atoms with Gasteiger partial charge in [0.2, 0.25) is 12.1 Å². The van der Waals surface area contributed by atoms with Crippen molar-refractivity contribution in [2.45, 2.75) is 24.6 Å². The number of carbonyl (C=O) groups excluding carboxylic acids is 1. The molecular weight excluding hydrogens is 166 g/mol. The first-order valence-electron chi connectivity index (χ1n) is 3.51. The van der Waals surface area contributed by atoms with Gasteiger partial charge in [0.1, 0.15) is 18.3 Å². The highest BCUT2D eigenvalue weighted by molar-refractivity contribution is 5.87. The van der Waals surface area contributed by atoms with E-state index >= 15 is 0 Å². The molecule has 1 aliphatic heterocycles. The fraction of sp³-hybridized carbons (Fsp3) is 0.833. The number of Topliss-reactive ketones (excluding diaryl/α,β-unsaturated/α-hetero) is 1. The number of ketones is 1. The minimum absolute atomic E-state index is 0.0669. The van der Waals surface area contributed by atoms with Gasteiger partial charge in [-0.3, -0.25) is 4.79 Å². The molecule has 70 valence electrons. The highest BCUT2D eigenvalue weighted by Crippen LogP contribution is 2.15. The largest absolute Gasteiger partial charge is 0.387 e. The quantitative estimate of drug-likeness (QED) is 0.338. The molecule has 0 saturated carbocycles. The number of hydrogen-bond donors (Lipinski definition) is 4. The molecule has 12 heavy (non-hydrogen) atoms. The van der Waals surface area contributed by atoms with Crippen LogP contribution in [0.15, 0.2) is 0 Å². The molecule has 4 atom stereocenters. The lowest BCUT2D eigenvalue weighted by atomic mass is 10.0. The maximum absolute atomic E-state index is 10.8. The van der Waals surface area contributed by atoms with Crippen molar-refractivity contribution in [1.82, 2.24) is 0 Å². The molecule has 0 amide bonds. The lowest BCUT2D eigenvalue weighted by Crippen LogP contribution is -2.57. The van der Waals surface area contributed by atoms with Crippen LogP contribution < -0.4 is 5.73 Å². The molecule has 5 N–H and O–H groups in total. The van der Waals surface area contributed by atoms with Gasteiger partial charge in [0, 0.05) is 6.54 Å². The smallest absolute Gasteiger partial charge is 0.219 e. The number of rotatable bonds is 1. The maximum Gasteiger partial charge on any atom is 0.219 e. The minimum Gasteiger partial charge on any atom is -0.387 e. The van der Waals surface area contributed by atoms with E-state index in [0.29, 0.717) is 0 Å². The monoisotopic (exact) mass is 177 g/mol. The SMILES string of the molecule is NC[C@H]1O[C@H](O)C(=O)[C@@H](O)[C@@H]1O. The highest BCUT2D eigenvalue weighted by Gasteiger charge is 2.41. The first kappa shape index (κ1) is 9.56. The number of nitrogens with two attached hydrogens (primary N) is 1. The molecule has 1 heterocycles. The Labute approximate surface area is 68.6 Å². The van der Waals surface area contributed by atoms with Crippen LogP contribution in [0, 0.1) is 0 Å². The summed E-state index contributed by atoms with van der Waals surface area (Å²) in [5, 5.41) is 27.0. The van der Waals surface area contributed by atoms with E-state index < -0.39 is 30.4 Å². The molecule has 1 rings (SSSR count). The summed E-state index contributed by atoms with van der Waals surface area (Å²) in [7, 11) is 0. The predicted molar refractivity (Wildman–Crippen MR) is 37.0 cm³/mol. The van der Waals surface area contributed by atoms with Gasteiger partial charge in [0.25, 0.3) is 0 Å². The van der Waals surface area contributed by atoms with Crippen molar-refractivity contribution in [3.8, 4) is 0 Å². The van der Waals surface area contributed by atoms with Crippen LogP contribution in [0.2, 0.25) is 0 Å². The van der Waals surface area contributed by atoms with E-state index in [9.17, 15) is 4.79 Å². The molecule has 1 fully saturated rings. The molecule has 0 radical (unpaired) electrons. The average molecular weight is 177 g/mol. The van der Waals surface area contributed by atoms with Crippen molar-refractivity contribution in [3.63, 3.8) is 0 Å². The normalized spacial score (nSPS) is 43.2. The molecule has 0 aromatic heterocycles. The van der Waals surface area contributed by atoms with Gasteiger partial charge in [-0.1, -0.05) is 0 Å². The topological polar surface area (TPSA) is 113 Å². The molecule has 0 bridgehead atoms. The summed E-state index contributed by atoms with van der Waals surface area (Å²) in [6.07, 6.45) is -5.54. The Morgan fingerprint density at radius 3 is 2.50 bits per heavy atom. The van der Waals surface area contributed by atoms with Gasteiger partial charge in [-0.05, 0) is 0 Å². The summed E-state index contributed by atoms with van der Waals surface area (Å²) in [6, 6.07) is 0. The number of aliphatic hydroxyl groups is 3. The van der Waals surface area contributed by atoms with Crippen LogP contribution in [-0.4, -0.2) is 52.2 Å². The van der Waals surface area contributed by atoms with Crippen LogP contribution in [0.5, 0.6) is 0 Å². The lowest BCUT2D eigenvalue weighted by Gasteiger charge is -2.32. The lowest BCUT2D eigenvalue weighted by molar-refractivity contribution is -0.218. The summed E-state index contributed by atoms with van der Waals surface area (Å²) < 4.78 is 4.60. The molecule has 0 aliphatic carbocycles. The maximum atomic E-state index is 10.8. The second kappa shape index (κ2) is 3.46. The summed E-state index contributed by atoms with van der Waals surface area (Å²) in [6.45, 7) is -0.0669. The van der Waals surface area contributed by atoms with Crippen LogP contribution in [-0.2, 0) is 9.53 Å². The Morgan fingerprint density at radius 1 is 1.42 bits per heavy atom. The van der Waals surface area contributed by atoms with Crippen LogP contribution in [0.1, 0.15) is 0 Å². The van der Waals surface area contributed by atoms with E-state index in [1.165, 1.54) is 0 Å². The summed E-state index contributed by atoms with van der Waals surface area (Å²) in [4.78, 5) is 10.8. The van der Waals surface area contributed by atoms with Crippen LogP contribution in [0.25, 0.3) is 0 Å². The van der Waals surface area contributed by atoms with Crippen molar-refractivity contribution in [3.05, 3.63) is 0 Å². The first-order valence-corrected chi connectivity index (χ1v) is 3.51. The second-order valence-corrected chi connectivity index (χ2v) is 2.60.